The third-order valence-corrected chi connectivity index (χ3v) is 2.38. The van der Waals surface area contributed by atoms with Crippen LogP contribution in [0.4, 0.5) is 0 Å². The van der Waals surface area contributed by atoms with Gasteiger partial charge in [0.05, 0.1) is 0 Å². The smallest absolute Gasteiger partial charge is 0.284 e. The average molecular weight is 235 g/mol. The van der Waals surface area contributed by atoms with E-state index in [9.17, 15) is 4.79 Å². The molecular formula is C13H17NO3. The number of rotatable bonds is 6. The summed E-state index contributed by atoms with van der Waals surface area (Å²) in [6.45, 7) is 5.49. The van der Waals surface area contributed by atoms with Crippen LogP contribution in [0.2, 0.25) is 0 Å². The second-order valence-corrected chi connectivity index (χ2v) is 3.59. The molecule has 0 radical (unpaired) electrons. The van der Waals surface area contributed by atoms with Gasteiger partial charge >= 0.3 is 0 Å². The fraction of sp³-hybridized carbons (Fsp3) is 0.308. The zero-order valence-corrected chi connectivity index (χ0v) is 9.85. The van der Waals surface area contributed by atoms with Crippen LogP contribution in [-0.4, -0.2) is 17.2 Å². The molecule has 4 nitrogen and oxygen atoms in total. The van der Waals surface area contributed by atoms with Gasteiger partial charge in [-0.05, 0) is 24.5 Å². The minimum Gasteiger partial charge on any atom is -0.480 e. The summed E-state index contributed by atoms with van der Waals surface area (Å²) in [6, 6.07) is 7.46. The summed E-state index contributed by atoms with van der Waals surface area (Å²) in [7, 11) is 0. The third kappa shape index (κ3) is 3.60. The quantitative estimate of drug-likeness (QED) is 0.451. The predicted molar refractivity (Wildman–Crippen MR) is 65.0 cm³/mol. The van der Waals surface area contributed by atoms with Crippen molar-refractivity contribution >= 4 is 5.91 Å². The number of carbonyl (C=O) groups is 1. The number of para-hydroxylation sites is 1. The summed E-state index contributed by atoms with van der Waals surface area (Å²) in [5.41, 5.74) is 2.57. The molecular weight excluding hydrogens is 218 g/mol. The standard InChI is InChI=1S/C13H17NO3/c1-3-7-10-8-5-6-9-12(10)17-11(4-2)13(15)14-16/h3,5-6,8-9,11,16H,1,4,7H2,2H3,(H,14,15)/t11-/m0/s1. The Kier molecular flexibility index (Phi) is 5.23. The highest BCUT2D eigenvalue weighted by Crippen LogP contribution is 2.20. The van der Waals surface area contributed by atoms with Crippen molar-refractivity contribution < 1.29 is 14.7 Å². The minimum atomic E-state index is -0.689. The van der Waals surface area contributed by atoms with E-state index in [1.54, 1.807) is 17.6 Å². The van der Waals surface area contributed by atoms with Crippen molar-refractivity contribution in [1.29, 1.82) is 0 Å². The molecule has 0 aromatic heterocycles. The van der Waals surface area contributed by atoms with Gasteiger partial charge in [-0.25, -0.2) is 5.48 Å². The first kappa shape index (κ1) is 13.3. The number of ether oxygens (including phenoxy) is 1. The van der Waals surface area contributed by atoms with Gasteiger partial charge in [-0.1, -0.05) is 31.2 Å². The summed E-state index contributed by atoms with van der Waals surface area (Å²) in [5, 5.41) is 8.59. The molecule has 92 valence electrons. The Balaban J connectivity index is 2.85. The monoisotopic (exact) mass is 235 g/mol. The van der Waals surface area contributed by atoms with Gasteiger partial charge in [0.15, 0.2) is 6.10 Å². The van der Waals surface area contributed by atoms with E-state index in [1.807, 2.05) is 25.1 Å². The van der Waals surface area contributed by atoms with Gasteiger partial charge in [0.2, 0.25) is 0 Å². The number of allylic oxidation sites excluding steroid dienone is 1. The Hall–Kier alpha value is -1.81. The lowest BCUT2D eigenvalue weighted by atomic mass is 10.1. The number of nitrogens with one attached hydrogen (secondary N) is 1. The molecule has 1 aromatic carbocycles. The fourth-order valence-corrected chi connectivity index (χ4v) is 1.49. The largest absolute Gasteiger partial charge is 0.480 e. The van der Waals surface area contributed by atoms with Crippen molar-refractivity contribution in [1.82, 2.24) is 5.48 Å². The number of hydrogen-bond donors (Lipinski definition) is 2. The second-order valence-electron chi connectivity index (χ2n) is 3.59. The van der Waals surface area contributed by atoms with Crippen LogP contribution in [0.25, 0.3) is 0 Å². The Morgan fingerprint density at radius 3 is 2.88 bits per heavy atom. The number of amides is 1. The Bertz CT molecular complexity index is 390. The van der Waals surface area contributed by atoms with Crippen LogP contribution in [0, 0.1) is 0 Å². The SMILES string of the molecule is C=CCc1ccccc1O[C@@H](CC)C(=O)NO. The number of hydrogen-bond acceptors (Lipinski definition) is 3. The van der Waals surface area contributed by atoms with Gasteiger partial charge < -0.3 is 4.74 Å². The van der Waals surface area contributed by atoms with E-state index in [0.29, 0.717) is 18.6 Å². The Labute approximate surface area is 101 Å². The first-order valence-electron chi connectivity index (χ1n) is 5.52. The van der Waals surface area contributed by atoms with Crippen molar-refractivity contribution in [2.45, 2.75) is 25.9 Å². The molecule has 0 bridgehead atoms. The number of hydroxylamine groups is 1. The Morgan fingerprint density at radius 1 is 1.59 bits per heavy atom. The van der Waals surface area contributed by atoms with E-state index < -0.39 is 12.0 Å². The molecule has 2 N–H and O–H groups in total. The van der Waals surface area contributed by atoms with Crippen molar-refractivity contribution in [3.63, 3.8) is 0 Å². The average Bonchev–Trinajstić information content (AvgIpc) is 2.37. The Morgan fingerprint density at radius 2 is 2.29 bits per heavy atom. The van der Waals surface area contributed by atoms with Crippen molar-refractivity contribution in [3.8, 4) is 5.75 Å². The topological polar surface area (TPSA) is 58.6 Å². The minimum absolute atomic E-state index is 0.481. The molecule has 1 atom stereocenters. The van der Waals surface area contributed by atoms with Crippen LogP contribution in [0.15, 0.2) is 36.9 Å². The molecule has 0 saturated carbocycles. The van der Waals surface area contributed by atoms with Crippen LogP contribution in [0.3, 0.4) is 0 Å². The van der Waals surface area contributed by atoms with E-state index in [4.69, 9.17) is 9.94 Å². The van der Waals surface area contributed by atoms with Gasteiger partial charge in [0, 0.05) is 0 Å². The summed E-state index contributed by atoms with van der Waals surface area (Å²) >= 11 is 0. The molecule has 1 aromatic rings. The molecule has 17 heavy (non-hydrogen) atoms. The highest BCUT2D eigenvalue weighted by atomic mass is 16.5. The molecule has 0 heterocycles. The van der Waals surface area contributed by atoms with Gasteiger partial charge in [0.1, 0.15) is 5.75 Å². The van der Waals surface area contributed by atoms with Crippen molar-refractivity contribution in [2.24, 2.45) is 0 Å². The normalized spacial score (nSPS) is 11.6. The van der Waals surface area contributed by atoms with Crippen molar-refractivity contribution in [2.75, 3.05) is 0 Å². The van der Waals surface area contributed by atoms with Crippen LogP contribution in [0.5, 0.6) is 5.75 Å². The first-order valence-corrected chi connectivity index (χ1v) is 5.52. The van der Waals surface area contributed by atoms with E-state index in [2.05, 4.69) is 6.58 Å². The maximum Gasteiger partial charge on any atom is 0.284 e. The first-order chi connectivity index (χ1) is 8.22. The highest BCUT2D eigenvalue weighted by Gasteiger charge is 2.18. The molecule has 4 heteroatoms. The molecule has 1 amide bonds. The zero-order valence-electron chi connectivity index (χ0n) is 9.85. The summed E-state index contributed by atoms with van der Waals surface area (Å²) in [4.78, 5) is 11.3. The fourth-order valence-electron chi connectivity index (χ4n) is 1.49. The van der Waals surface area contributed by atoms with Crippen LogP contribution < -0.4 is 10.2 Å². The van der Waals surface area contributed by atoms with Crippen LogP contribution in [-0.2, 0) is 11.2 Å². The third-order valence-electron chi connectivity index (χ3n) is 2.38. The van der Waals surface area contributed by atoms with E-state index in [1.165, 1.54) is 0 Å². The second kappa shape index (κ2) is 6.70. The lowest BCUT2D eigenvalue weighted by Crippen LogP contribution is -2.36. The number of carbonyl (C=O) groups excluding carboxylic acids is 1. The maximum atomic E-state index is 11.3. The molecule has 0 aliphatic heterocycles. The maximum absolute atomic E-state index is 11.3. The molecule has 1 rings (SSSR count). The molecule has 0 aliphatic carbocycles. The van der Waals surface area contributed by atoms with Gasteiger partial charge in [0.25, 0.3) is 5.91 Å². The lowest BCUT2D eigenvalue weighted by molar-refractivity contribution is -0.136. The molecule has 0 aliphatic rings. The summed E-state index contributed by atoms with van der Waals surface area (Å²) in [5.74, 6) is 0.101. The highest BCUT2D eigenvalue weighted by molar-refractivity contribution is 5.79. The van der Waals surface area contributed by atoms with Gasteiger partial charge in [-0.15, -0.1) is 6.58 Å². The van der Waals surface area contributed by atoms with E-state index in [0.717, 1.165) is 5.56 Å². The molecule has 0 unspecified atom stereocenters. The molecule has 0 fully saturated rings. The summed E-state index contributed by atoms with van der Waals surface area (Å²) < 4.78 is 5.58. The molecule has 0 saturated heterocycles. The van der Waals surface area contributed by atoms with Gasteiger partial charge in [-0.2, -0.15) is 0 Å². The summed E-state index contributed by atoms with van der Waals surface area (Å²) in [6.07, 6.45) is 2.24. The zero-order chi connectivity index (χ0) is 12.7. The van der Waals surface area contributed by atoms with E-state index >= 15 is 0 Å². The van der Waals surface area contributed by atoms with Crippen LogP contribution in [0.1, 0.15) is 18.9 Å². The van der Waals surface area contributed by atoms with Gasteiger partial charge in [-0.3, -0.25) is 10.0 Å². The predicted octanol–water partition coefficient (Wildman–Crippen LogP) is 2.08. The molecule has 0 spiro atoms. The van der Waals surface area contributed by atoms with Crippen molar-refractivity contribution in [3.05, 3.63) is 42.5 Å². The van der Waals surface area contributed by atoms with Crippen LogP contribution >= 0.6 is 0 Å². The lowest BCUT2D eigenvalue weighted by Gasteiger charge is -2.17. The number of benzene rings is 1. The van der Waals surface area contributed by atoms with E-state index in [-0.39, 0.29) is 0 Å².